The second kappa shape index (κ2) is 8.37. The Morgan fingerprint density at radius 3 is 2.63 bits per heavy atom. The number of amides is 1. The number of ether oxygens (including phenoxy) is 1. The summed E-state index contributed by atoms with van der Waals surface area (Å²) in [5, 5.41) is 3.01. The summed E-state index contributed by atoms with van der Waals surface area (Å²) in [6.07, 6.45) is 3.51. The van der Waals surface area contributed by atoms with E-state index in [4.69, 9.17) is 9.15 Å². The lowest BCUT2D eigenvalue weighted by Gasteiger charge is -2.30. The van der Waals surface area contributed by atoms with Crippen LogP contribution in [0.3, 0.4) is 0 Å². The van der Waals surface area contributed by atoms with Crippen molar-refractivity contribution in [2.45, 2.75) is 58.6 Å². The molecular formula is C21H26N2O4. The first kappa shape index (κ1) is 19.1. The third-order valence-electron chi connectivity index (χ3n) is 5.10. The molecule has 1 amide bonds. The van der Waals surface area contributed by atoms with Crippen molar-refractivity contribution in [1.29, 1.82) is 0 Å². The van der Waals surface area contributed by atoms with Crippen LogP contribution in [0.2, 0.25) is 0 Å². The minimum atomic E-state index is -0.886. The first-order chi connectivity index (χ1) is 13.0. The fourth-order valence-corrected chi connectivity index (χ4v) is 3.39. The summed E-state index contributed by atoms with van der Waals surface area (Å²) < 4.78 is 10.9. The van der Waals surface area contributed by atoms with Gasteiger partial charge in [0.25, 0.3) is 5.91 Å². The number of carbonyl (C=O) groups excluding carboxylic acids is 2. The van der Waals surface area contributed by atoms with Crippen molar-refractivity contribution in [3.63, 3.8) is 0 Å². The van der Waals surface area contributed by atoms with E-state index in [1.807, 2.05) is 30.3 Å². The lowest BCUT2D eigenvalue weighted by atomic mass is 9.86. The summed E-state index contributed by atoms with van der Waals surface area (Å²) in [5.74, 6) is 0.238. The molecule has 1 heterocycles. The van der Waals surface area contributed by atoms with E-state index in [0.717, 1.165) is 24.8 Å². The van der Waals surface area contributed by atoms with Gasteiger partial charge >= 0.3 is 5.97 Å². The van der Waals surface area contributed by atoms with E-state index < -0.39 is 12.1 Å². The molecule has 2 aromatic rings. The second-order valence-electron chi connectivity index (χ2n) is 7.21. The zero-order valence-electron chi connectivity index (χ0n) is 16.0. The van der Waals surface area contributed by atoms with Crippen LogP contribution in [0.1, 0.15) is 55.8 Å². The molecule has 0 saturated heterocycles. The highest BCUT2D eigenvalue weighted by Gasteiger charge is 2.28. The standard InChI is InChI=1S/C21H26N2O4/c1-13-9-7-8-12-17(13)22-19(24)15(3)27-21(25)18-14(2)26-20(23-18)16-10-5-4-6-11-16/h4-6,10-11,13,15,17H,7-9,12H2,1-3H3,(H,22,24)/t13-,15-,17-/m0/s1. The smallest absolute Gasteiger partial charge is 0.361 e. The van der Waals surface area contributed by atoms with Crippen molar-refractivity contribution in [3.8, 4) is 11.5 Å². The van der Waals surface area contributed by atoms with Crippen LogP contribution in [0, 0.1) is 12.8 Å². The van der Waals surface area contributed by atoms with Gasteiger partial charge in [-0.1, -0.05) is 38.0 Å². The summed E-state index contributed by atoms with van der Waals surface area (Å²) >= 11 is 0. The molecule has 3 rings (SSSR count). The van der Waals surface area contributed by atoms with Crippen LogP contribution in [0.4, 0.5) is 0 Å². The largest absolute Gasteiger partial charge is 0.448 e. The van der Waals surface area contributed by atoms with Crippen LogP contribution < -0.4 is 5.32 Å². The summed E-state index contributed by atoms with van der Waals surface area (Å²) in [6.45, 7) is 5.38. The minimum absolute atomic E-state index is 0.0968. The molecule has 1 saturated carbocycles. The van der Waals surface area contributed by atoms with Gasteiger partial charge in [0.2, 0.25) is 5.89 Å². The van der Waals surface area contributed by atoms with E-state index >= 15 is 0 Å². The third kappa shape index (κ3) is 4.56. The molecule has 0 radical (unpaired) electrons. The molecule has 0 bridgehead atoms. The van der Waals surface area contributed by atoms with Crippen molar-refractivity contribution in [1.82, 2.24) is 10.3 Å². The number of hydrogen-bond donors (Lipinski definition) is 1. The number of aromatic nitrogens is 1. The van der Waals surface area contributed by atoms with E-state index in [9.17, 15) is 9.59 Å². The summed E-state index contributed by atoms with van der Waals surface area (Å²) in [4.78, 5) is 29.1. The highest BCUT2D eigenvalue weighted by Crippen LogP contribution is 2.24. The number of nitrogens with one attached hydrogen (secondary N) is 1. The highest BCUT2D eigenvalue weighted by atomic mass is 16.5. The van der Waals surface area contributed by atoms with Crippen LogP contribution in [0.25, 0.3) is 11.5 Å². The Kier molecular flexibility index (Phi) is 5.94. The van der Waals surface area contributed by atoms with Crippen molar-refractivity contribution in [2.24, 2.45) is 5.92 Å². The molecule has 144 valence electrons. The SMILES string of the molecule is Cc1oc(-c2ccccc2)nc1C(=O)O[C@@H](C)C(=O)N[C@H]1CCCC[C@@H]1C. The van der Waals surface area contributed by atoms with Gasteiger partial charge in [0.05, 0.1) is 0 Å². The topological polar surface area (TPSA) is 81.4 Å². The number of esters is 1. The van der Waals surface area contributed by atoms with Gasteiger partial charge in [-0.3, -0.25) is 4.79 Å². The molecule has 0 aliphatic heterocycles. The van der Waals surface area contributed by atoms with Crippen molar-refractivity contribution >= 4 is 11.9 Å². The Morgan fingerprint density at radius 2 is 1.93 bits per heavy atom. The summed E-state index contributed by atoms with van der Waals surface area (Å²) in [6, 6.07) is 9.47. The number of aryl methyl sites for hydroxylation is 1. The molecule has 1 aliphatic carbocycles. The van der Waals surface area contributed by atoms with Crippen molar-refractivity contribution in [3.05, 3.63) is 41.8 Å². The Bertz CT molecular complexity index is 800. The van der Waals surface area contributed by atoms with Crippen LogP contribution in [-0.2, 0) is 9.53 Å². The quantitative estimate of drug-likeness (QED) is 0.808. The van der Waals surface area contributed by atoms with Crippen molar-refractivity contribution in [2.75, 3.05) is 0 Å². The van der Waals surface area contributed by atoms with Crippen LogP contribution in [-0.4, -0.2) is 29.0 Å². The highest BCUT2D eigenvalue weighted by molar-refractivity contribution is 5.91. The molecule has 0 spiro atoms. The molecule has 1 aromatic heterocycles. The maximum atomic E-state index is 12.5. The van der Waals surface area contributed by atoms with Gasteiger partial charge in [-0.2, -0.15) is 0 Å². The van der Waals surface area contributed by atoms with Gasteiger partial charge in [0.15, 0.2) is 11.8 Å². The van der Waals surface area contributed by atoms with Gasteiger partial charge in [-0.05, 0) is 44.7 Å². The summed E-state index contributed by atoms with van der Waals surface area (Å²) in [5.41, 5.74) is 0.872. The van der Waals surface area contributed by atoms with Gasteiger partial charge < -0.3 is 14.5 Å². The fourth-order valence-electron chi connectivity index (χ4n) is 3.39. The molecule has 6 nitrogen and oxygen atoms in total. The summed E-state index contributed by atoms with van der Waals surface area (Å²) in [7, 11) is 0. The number of hydrogen-bond acceptors (Lipinski definition) is 5. The predicted octanol–water partition coefficient (Wildman–Crippen LogP) is 3.89. The molecule has 1 N–H and O–H groups in total. The maximum Gasteiger partial charge on any atom is 0.361 e. The minimum Gasteiger partial charge on any atom is -0.448 e. The normalized spacial score (nSPS) is 20.7. The molecule has 0 unspecified atom stereocenters. The first-order valence-corrected chi connectivity index (χ1v) is 9.50. The number of rotatable bonds is 5. The molecular weight excluding hydrogens is 344 g/mol. The number of oxazole rings is 1. The van der Waals surface area contributed by atoms with E-state index in [1.165, 1.54) is 6.42 Å². The predicted molar refractivity (Wildman–Crippen MR) is 101 cm³/mol. The molecule has 1 aliphatic rings. The van der Waals surface area contributed by atoms with E-state index in [0.29, 0.717) is 17.6 Å². The van der Waals surface area contributed by atoms with E-state index in [-0.39, 0.29) is 17.6 Å². The maximum absolute atomic E-state index is 12.5. The van der Waals surface area contributed by atoms with Gasteiger partial charge in [-0.15, -0.1) is 0 Å². The molecule has 6 heteroatoms. The Hall–Kier alpha value is -2.63. The molecule has 3 atom stereocenters. The molecule has 1 fully saturated rings. The second-order valence-corrected chi connectivity index (χ2v) is 7.21. The zero-order valence-corrected chi connectivity index (χ0v) is 16.0. The lowest BCUT2D eigenvalue weighted by Crippen LogP contribution is -2.46. The monoisotopic (exact) mass is 370 g/mol. The number of benzene rings is 1. The van der Waals surface area contributed by atoms with Crippen molar-refractivity contribution < 1.29 is 18.7 Å². The Morgan fingerprint density at radius 1 is 1.22 bits per heavy atom. The van der Waals surface area contributed by atoms with Gasteiger partial charge in [0, 0.05) is 11.6 Å². The van der Waals surface area contributed by atoms with Gasteiger partial charge in [0.1, 0.15) is 5.76 Å². The van der Waals surface area contributed by atoms with Gasteiger partial charge in [-0.25, -0.2) is 9.78 Å². The van der Waals surface area contributed by atoms with Crippen LogP contribution in [0.5, 0.6) is 0 Å². The third-order valence-corrected chi connectivity index (χ3v) is 5.10. The average Bonchev–Trinajstić information content (AvgIpc) is 3.06. The first-order valence-electron chi connectivity index (χ1n) is 9.50. The lowest BCUT2D eigenvalue weighted by molar-refractivity contribution is -0.130. The number of nitrogens with zero attached hydrogens (tertiary/aromatic N) is 1. The zero-order chi connectivity index (χ0) is 19.4. The van der Waals surface area contributed by atoms with Crippen LogP contribution >= 0.6 is 0 Å². The van der Waals surface area contributed by atoms with E-state index in [2.05, 4.69) is 17.2 Å². The molecule has 27 heavy (non-hydrogen) atoms. The van der Waals surface area contributed by atoms with Crippen LogP contribution in [0.15, 0.2) is 34.7 Å². The average molecular weight is 370 g/mol. The van der Waals surface area contributed by atoms with E-state index in [1.54, 1.807) is 13.8 Å². The Balaban J connectivity index is 1.63. The number of carbonyl (C=O) groups is 2. The molecule has 1 aromatic carbocycles. The Labute approximate surface area is 159 Å². The fraction of sp³-hybridized carbons (Fsp3) is 0.476.